The molecular formula is C9H15NO2. The first-order chi connectivity index (χ1) is 5.79. The molecule has 0 aromatic heterocycles. The maximum absolute atomic E-state index is 11.2. The predicted octanol–water partition coefficient (Wildman–Crippen LogP) is 0.439. The lowest BCUT2D eigenvalue weighted by molar-refractivity contribution is -0.121. The largest absolute Gasteiger partial charge is 0.375 e. The molecule has 0 radical (unpaired) electrons. The van der Waals surface area contributed by atoms with Crippen molar-refractivity contribution in [2.45, 2.75) is 31.9 Å². The summed E-state index contributed by atoms with van der Waals surface area (Å²) in [4.78, 5) is 13.4. The maximum atomic E-state index is 11.2. The van der Waals surface area contributed by atoms with Crippen LogP contribution in [0, 0.1) is 0 Å². The Bertz CT molecular complexity index is 193. The van der Waals surface area contributed by atoms with E-state index in [1.54, 1.807) is 0 Å². The van der Waals surface area contributed by atoms with Gasteiger partial charge in [-0.15, -0.1) is 0 Å². The molecule has 2 bridgehead atoms. The molecule has 2 aliphatic rings. The molecule has 3 nitrogen and oxygen atoms in total. The lowest BCUT2D eigenvalue weighted by Gasteiger charge is -2.25. The summed E-state index contributed by atoms with van der Waals surface area (Å²) in [5.41, 5.74) is 0. The van der Waals surface area contributed by atoms with E-state index in [0.29, 0.717) is 30.9 Å². The van der Waals surface area contributed by atoms with Gasteiger partial charge in [0, 0.05) is 19.0 Å². The number of hydrogen-bond donors (Lipinski definition) is 0. The summed E-state index contributed by atoms with van der Waals surface area (Å²) < 4.78 is 5.44. The lowest BCUT2D eigenvalue weighted by atomic mass is 10.2. The molecule has 2 rings (SSSR count). The second kappa shape index (κ2) is 3.15. The molecule has 0 amide bonds. The second-order valence-corrected chi connectivity index (χ2v) is 3.67. The molecule has 0 saturated carbocycles. The van der Waals surface area contributed by atoms with Crippen molar-refractivity contribution in [1.29, 1.82) is 0 Å². The molecule has 0 aromatic rings. The van der Waals surface area contributed by atoms with Crippen molar-refractivity contribution >= 4 is 5.78 Å². The first-order valence-electron chi connectivity index (χ1n) is 4.67. The number of ketones is 1. The van der Waals surface area contributed by atoms with Gasteiger partial charge in [0.05, 0.1) is 19.3 Å². The third kappa shape index (κ3) is 1.39. The highest BCUT2D eigenvalue weighted by molar-refractivity contribution is 5.80. The predicted molar refractivity (Wildman–Crippen MR) is 45.0 cm³/mol. The summed E-state index contributed by atoms with van der Waals surface area (Å²) in [6, 6.07) is 0.533. The molecule has 0 aliphatic carbocycles. The van der Waals surface area contributed by atoms with Gasteiger partial charge in [-0.2, -0.15) is 0 Å². The average Bonchev–Trinajstić information content (AvgIpc) is 2.64. The molecule has 2 atom stereocenters. The van der Waals surface area contributed by atoms with Gasteiger partial charge < -0.3 is 4.74 Å². The van der Waals surface area contributed by atoms with Crippen LogP contribution in [-0.2, 0) is 9.53 Å². The van der Waals surface area contributed by atoms with E-state index in [1.807, 2.05) is 6.92 Å². The molecule has 68 valence electrons. The van der Waals surface area contributed by atoms with Crippen molar-refractivity contribution in [1.82, 2.24) is 4.90 Å². The normalized spacial score (nSPS) is 34.4. The fourth-order valence-electron chi connectivity index (χ4n) is 2.01. The zero-order valence-corrected chi connectivity index (χ0v) is 7.45. The van der Waals surface area contributed by atoms with E-state index in [1.165, 1.54) is 0 Å². The summed E-state index contributed by atoms with van der Waals surface area (Å²) >= 11 is 0. The van der Waals surface area contributed by atoms with Crippen molar-refractivity contribution in [3.05, 3.63) is 0 Å². The van der Waals surface area contributed by atoms with Crippen LogP contribution in [-0.4, -0.2) is 42.5 Å². The Hall–Kier alpha value is -0.410. The van der Waals surface area contributed by atoms with Crippen molar-refractivity contribution in [2.24, 2.45) is 0 Å². The molecular weight excluding hydrogens is 154 g/mol. The molecule has 2 heterocycles. The van der Waals surface area contributed by atoms with Gasteiger partial charge in [0.15, 0.2) is 0 Å². The number of rotatable bonds is 3. The van der Waals surface area contributed by atoms with Crippen molar-refractivity contribution in [3.63, 3.8) is 0 Å². The van der Waals surface area contributed by atoms with Gasteiger partial charge >= 0.3 is 0 Å². The monoisotopic (exact) mass is 169 g/mol. The molecule has 0 N–H and O–H groups in total. The maximum Gasteiger partial charge on any atom is 0.146 e. The molecule has 2 unspecified atom stereocenters. The van der Waals surface area contributed by atoms with Crippen LogP contribution in [0.25, 0.3) is 0 Å². The molecule has 2 saturated heterocycles. The van der Waals surface area contributed by atoms with Crippen LogP contribution in [0.4, 0.5) is 0 Å². The van der Waals surface area contributed by atoms with E-state index in [0.717, 1.165) is 19.6 Å². The zero-order chi connectivity index (χ0) is 8.55. The number of nitrogens with zero attached hydrogens (tertiary/aromatic N) is 1. The highest BCUT2D eigenvalue weighted by atomic mass is 16.5. The van der Waals surface area contributed by atoms with Crippen LogP contribution in [0.15, 0.2) is 0 Å². The summed E-state index contributed by atoms with van der Waals surface area (Å²) in [5.74, 6) is 0.350. The lowest BCUT2D eigenvalue weighted by Crippen LogP contribution is -2.40. The molecule has 0 spiro atoms. The topological polar surface area (TPSA) is 29.5 Å². The second-order valence-electron chi connectivity index (χ2n) is 3.67. The van der Waals surface area contributed by atoms with Crippen LogP contribution >= 0.6 is 0 Å². The number of ether oxygens (including phenoxy) is 1. The standard InChI is InChI=1S/C9H15NO2/c1-2-8(11)4-10-5-9-3-7(10)6-12-9/h7,9H,2-6H2,1H3. The van der Waals surface area contributed by atoms with Gasteiger partial charge in [-0.1, -0.05) is 6.92 Å². The molecule has 2 aliphatic heterocycles. The Morgan fingerprint density at radius 1 is 1.67 bits per heavy atom. The number of hydrogen-bond acceptors (Lipinski definition) is 3. The van der Waals surface area contributed by atoms with Gasteiger partial charge in [0.2, 0.25) is 0 Å². The SMILES string of the molecule is CCC(=O)CN1CC2CC1CO2. The third-order valence-electron chi connectivity index (χ3n) is 2.79. The number of carbonyl (C=O) groups is 1. The summed E-state index contributed by atoms with van der Waals surface area (Å²) in [5, 5.41) is 0. The highest BCUT2D eigenvalue weighted by Gasteiger charge is 2.39. The summed E-state index contributed by atoms with van der Waals surface area (Å²) in [6.45, 7) is 4.37. The first-order valence-corrected chi connectivity index (χ1v) is 4.67. The van der Waals surface area contributed by atoms with Crippen molar-refractivity contribution in [2.75, 3.05) is 19.7 Å². The molecule has 2 fully saturated rings. The minimum atomic E-state index is 0.350. The van der Waals surface area contributed by atoms with Gasteiger partial charge in [-0.25, -0.2) is 0 Å². The quantitative estimate of drug-likeness (QED) is 0.614. The number of likely N-dealkylation sites (tertiary alicyclic amines) is 1. The number of Topliss-reactive ketones (excluding diaryl/α,β-unsaturated/α-hetero) is 1. The number of morpholine rings is 1. The van der Waals surface area contributed by atoms with E-state index < -0.39 is 0 Å². The van der Waals surface area contributed by atoms with Gasteiger partial charge in [-0.3, -0.25) is 9.69 Å². The van der Waals surface area contributed by atoms with Crippen molar-refractivity contribution < 1.29 is 9.53 Å². The van der Waals surface area contributed by atoms with Crippen LogP contribution in [0.1, 0.15) is 19.8 Å². The first kappa shape index (κ1) is 8.20. The fourth-order valence-corrected chi connectivity index (χ4v) is 2.01. The smallest absolute Gasteiger partial charge is 0.146 e. The van der Waals surface area contributed by atoms with Crippen LogP contribution < -0.4 is 0 Å². The zero-order valence-electron chi connectivity index (χ0n) is 7.45. The minimum Gasteiger partial charge on any atom is -0.375 e. The molecule has 3 heteroatoms. The Kier molecular flexibility index (Phi) is 2.15. The third-order valence-corrected chi connectivity index (χ3v) is 2.79. The summed E-state index contributed by atoms with van der Waals surface area (Å²) in [6.07, 6.45) is 2.21. The Balaban J connectivity index is 1.86. The van der Waals surface area contributed by atoms with E-state index >= 15 is 0 Å². The Morgan fingerprint density at radius 3 is 3.00 bits per heavy atom. The van der Waals surface area contributed by atoms with E-state index in [-0.39, 0.29) is 0 Å². The number of fused-ring (bicyclic) bond motifs is 2. The average molecular weight is 169 g/mol. The van der Waals surface area contributed by atoms with Crippen LogP contribution in [0.3, 0.4) is 0 Å². The van der Waals surface area contributed by atoms with E-state index in [2.05, 4.69) is 4.90 Å². The summed E-state index contributed by atoms with van der Waals surface area (Å²) in [7, 11) is 0. The van der Waals surface area contributed by atoms with Crippen LogP contribution in [0.5, 0.6) is 0 Å². The molecule has 0 aromatic carbocycles. The van der Waals surface area contributed by atoms with Gasteiger partial charge in [0.1, 0.15) is 5.78 Å². The van der Waals surface area contributed by atoms with Crippen molar-refractivity contribution in [3.8, 4) is 0 Å². The number of carbonyl (C=O) groups excluding carboxylic acids is 1. The fraction of sp³-hybridized carbons (Fsp3) is 0.889. The highest BCUT2D eigenvalue weighted by Crippen LogP contribution is 2.27. The minimum absolute atomic E-state index is 0.350. The molecule has 12 heavy (non-hydrogen) atoms. The Labute approximate surface area is 72.7 Å². The van der Waals surface area contributed by atoms with Crippen LogP contribution in [0.2, 0.25) is 0 Å². The van der Waals surface area contributed by atoms with Gasteiger partial charge in [-0.05, 0) is 6.42 Å². The van der Waals surface area contributed by atoms with E-state index in [4.69, 9.17) is 4.74 Å². The van der Waals surface area contributed by atoms with Gasteiger partial charge in [0.25, 0.3) is 0 Å². The van der Waals surface area contributed by atoms with E-state index in [9.17, 15) is 4.79 Å². The Morgan fingerprint density at radius 2 is 2.50 bits per heavy atom.